The van der Waals surface area contributed by atoms with Crippen molar-refractivity contribution in [3.63, 3.8) is 0 Å². The van der Waals surface area contributed by atoms with E-state index in [1.54, 1.807) is 18.5 Å². The molecule has 2 aromatic heterocycles. The maximum atomic E-state index is 12.2. The number of rotatable bonds is 4. The summed E-state index contributed by atoms with van der Waals surface area (Å²) in [6, 6.07) is 8.16. The molecule has 5 nitrogen and oxygen atoms in total. The van der Waals surface area contributed by atoms with Crippen LogP contribution in [0.15, 0.2) is 42.9 Å². The van der Waals surface area contributed by atoms with Crippen LogP contribution in [0.5, 0.6) is 5.75 Å². The molecule has 1 fully saturated rings. The molecule has 1 aromatic carbocycles. The predicted octanol–water partition coefficient (Wildman–Crippen LogP) is 4.95. The first-order valence-electron chi connectivity index (χ1n) is 8.86. The first-order valence-corrected chi connectivity index (χ1v) is 8.86. The van der Waals surface area contributed by atoms with Crippen molar-refractivity contribution < 1.29 is 17.9 Å². The van der Waals surface area contributed by atoms with Gasteiger partial charge in [0.25, 0.3) is 0 Å². The lowest BCUT2D eigenvalue weighted by Crippen LogP contribution is -2.35. The molecule has 1 saturated heterocycles. The van der Waals surface area contributed by atoms with Crippen molar-refractivity contribution in [1.82, 2.24) is 15.0 Å². The molecule has 3 aromatic rings. The number of anilines is 1. The molecular formula is C20H23F3N4O. The Morgan fingerprint density at radius 1 is 1.07 bits per heavy atom. The summed E-state index contributed by atoms with van der Waals surface area (Å²) in [6.07, 6.45) is 1.66. The molecule has 0 amide bonds. The summed E-state index contributed by atoms with van der Waals surface area (Å²) in [7, 11) is 0. The normalized spacial score (nSPS) is 15.5. The molecule has 3 heterocycles. The Balaban J connectivity index is 0.00000225. The number of aromatic nitrogens is 3. The van der Waals surface area contributed by atoms with Gasteiger partial charge in [0.05, 0.1) is 5.39 Å². The second-order valence-corrected chi connectivity index (χ2v) is 6.76. The molecule has 1 N–H and O–H groups in total. The van der Waals surface area contributed by atoms with Crippen LogP contribution in [0.1, 0.15) is 25.8 Å². The first-order chi connectivity index (χ1) is 13.0. The van der Waals surface area contributed by atoms with Gasteiger partial charge in [-0.1, -0.05) is 19.6 Å². The number of halogens is 3. The number of ether oxygens (including phenoxy) is 1. The highest BCUT2D eigenvalue weighted by molar-refractivity contribution is 5.87. The fraction of sp³-hybridized carbons (Fsp3) is 0.400. The number of benzene rings is 1. The smallest absolute Gasteiger partial charge is 0.406 e. The van der Waals surface area contributed by atoms with Crippen molar-refractivity contribution in [3.05, 3.63) is 48.4 Å². The summed E-state index contributed by atoms with van der Waals surface area (Å²) < 4.78 is 40.6. The van der Waals surface area contributed by atoms with Crippen molar-refractivity contribution >= 4 is 16.9 Å². The van der Waals surface area contributed by atoms with E-state index >= 15 is 0 Å². The molecule has 4 rings (SSSR count). The van der Waals surface area contributed by atoms with E-state index in [-0.39, 0.29) is 13.2 Å². The van der Waals surface area contributed by atoms with Gasteiger partial charge in [0.2, 0.25) is 0 Å². The Kier molecular flexibility index (Phi) is 5.76. The van der Waals surface area contributed by atoms with Gasteiger partial charge in [0.15, 0.2) is 0 Å². The third-order valence-electron chi connectivity index (χ3n) is 4.93. The molecule has 0 aliphatic carbocycles. The molecule has 150 valence electrons. The fourth-order valence-corrected chi connectivity index (χ4v) is 3.62. The van der Waals surface area contributed by atoms with Gasteiger partial charge in [-0.2, -0.15) is 0 Å². The van der Waals surface area contributed by atoms with Gasteiger partial charge in [-0.3, -0.25) is 0 Å². The van der Waals surface area contributed by atoms with Crippen molar-refractivity contribution in [1.29, 1.82) is 0 Å². The fourth-order valence-electron chi connectivity index (χ4n) is 3.62. The van der Waals surface area contributed by atoms with Crippen LogP contribution in [0.25, 0.3) is 11.0 Å². The maximum absolute atomic E-state index is 12.2. The van der Waals surface area contributed by atoms with E-state index in [1.807, 2.05) is 12.3 Å². The van der Waals surface area contributed by atoms with E-state index in [4.69, 9.17) is 0 Å². The maximum Gasteiger partial charge on any atom is 0.573 e. The lowest BCUT2D eigenvalue weighted by Gasteiger charge is -2.33. The zero-order valence-corrected chi connectivity index (χ0v) is 14.5. The Morgan fingerprint density at radius 3 is 2.46 bits per heavy atom. The summed E-state index contributed by atoms with van der Waals surface area (Å²) in [4.78, 5) is 14.0. The highest BCUT2D eigenvalue weighted by atomic mass is 19.4. The first kappa shape index (κ1) is 20.0. The van der Waals surface area contributed by atoms with Crippen LogP contribution in [0.3, 0.4) is 0 Å². The molecule has 0 atom stereocenters. The highest BCUT2D eigenvalue weighted by Crippen LogP contribution is 2.29. The van der Waals surface area contributed by atoms with Gasteiger partial charge in [-0.25, -0.2) is 9.97 Å². The summed E-state index contributed by atoms with van der Waals surface area (Å²) >= 11 is 0. The summed E-state index contributed by atoms with van der Waals surface area (Å²) in [6.45, 7) is 1.80. The van der Waals surface area contributed by atoms with Crippen molar-refractivity contribution in [2.24, 2.45) is 5.92 Å². The minimum absolute atomic E-state index is 0. The molecular weight excluding hydrogens is 369 g/mol. The molecule has 0 unspecified atom stereocenters. The van der Waals surface area contributed by atoms with Crippen LogP contribution in [0, 0.1) is 5.92 Å². The molecule has 8 heteroatoms. The lowest BCUT2D eigenvalue weighted by molar-refractivity contribution is -0.274. The highest BCUT2D eigenvalue weighted by Gasteiger charge is 2.31. The number of nitrogens with one attached hydrogen (secondary N) is 1. The van der Waals surface area contributed by atoms with Gasteiger partial charge in [0.1, 0.15) is 23.5 Å². The third kappa shape index (κ3) is 4.55. The number of aromatic amines is 1. The number of alkyl halides is 3. The third-order valence-corrected chi connectivity index (χ3v) is 4.93. The van der Waals surface area contributed by atoms with Gasteiger partial charge in [-0.05, 0) is 48.9 Å². The number of piperidine rings is 1. The Labute approximate surface area is 161 Å². The van der Waals surface area contributed by atoms with E-state index in [2.05, 4.69) is 24.6 Å². The molecule has 0 bridgehead atoms. The van der Waals surface area contributed by atoms with E-state index in [1.165, 1.54) is 12.1 Å². The topological polar surface area (TPSA) is 54.0 Å². The standard InChI is InChI=1S/C19H19F3N4O.CH4/c20-19(21,22)27-15-3-1-13(2-4-15)11-14-6-9-26(10-7-14)18-16-5-8-23-17(16)24-12-25-18;/h1-5,8,12,14H,6-7,9-11H2,(H,23,24,25);1H4. The van der Waals surface area contributed by atoms with E-state index in [0.29, 0.717) is 5.92 Å². The van der Waals surface area contributed by atoms with Crippen LogP contribution in [-0.2, 0) is 6.42 Å². The minimum Gasteiger partial charge on any atom is -0.406 e. The average Bonchev–Trinajstić information content (AvgIpc) is 3.12. The SMILES string of the molecule is C.FC(F)(F)Oc1ccc(CC2CCN(c3ncnc4[nH]ccc34)CC2)cc1. The Bertz CT molecular complexity index is 900. The van der Waals surface area contributed by atoms with Gasteiger partial charge in [-0.15, -0.1) is 13.2 Å². The summed E-state index contributed by atoms with van der Waals surface area (Å²) in [5.41, 5.74) is 1.86. The number of H-pyrrole nitrogens is 1. The molecule has 0 spiro atoms. The Hall–Kier alpha value is -2.77. The van der Waals surface area contributed by atoms with E-state index in [9.17, 15) is 13.2 Å². The van der Waals surface area contributed by atoms with Gasteiger partial charge < -0.3 is 14.6 Å². The number of nitrogens with zero attached hydrogens (tertiary/aromatic N) is 3. The molecule has 1 aliphatic heterocycles. The molecule has 0 saturated carbocycles. The quantitative estimate of drug-likeness (QED) is 0.682. The van der Waals surface area contributed by atoms with Crippen molar-refractivity contribution in [2.45, 2.75) is 33.1 Å². The number of fused-ring (bicyclic) bond motifs is 1. The predicted molar refractivity (Wildman–Crippen MR) is 102 cm³/mol. The largest absolute Gasteiger partial charge is 0.573 e. The summed E-state index contributed by atoms with van der Waals surface area (Å²) in [5, 5.41) is 1.02. The number of hydrogen-bond donors (Lipinski definition) is 1. The van der Waals surface area contributed by atoms with Crippen LogP contribution < -0.4 is 9.64 Å². The van der Waals surface area contributed by atoms with Crippen molar-refractivity contribution in [2.75, 3.05) is 18.0 Å². The van der Waals surface area contributed by atoms with E-state index in [0.717, 1.165) is 54.8 Å². The van der Waals surface area contributed by atoms with Crippen molar-refractivity contribution in [3.8, 4) is 5.75 Å². The zero-order chi connectivity index (χ0) is 18.9. The van der Waals surface area contributed by atoms with Gasteiger partial charge >= 0.3 is 6.36 Å². The van der Waals surface area contributed by atoms with Crippen LogP contribution in [0.4, 0.5) is 19.0 Å². The second kappa shape index (κ2) is 8.08. The molecule has 1 aliphatic rings. The van der Waals surface area contributed by atoms with Crippen LogP contribution >= 0.6 is 0 Å². The molecule has 0 radical (unpaired) electrons. The number of hydrogen-bond acceptors (Lipinski definition) is 4. The zero-order valence-electron chi connectivity index (χ0n) is 14.5. The average molecular weight is 392 g/mol. The van der Waals surface area contributed by atoms with Crippen LogP contribution in [0.2, 0.25) is 0 Å². The van der Waals surface area contributed by atoms with Crippen LogP contribution in [-0.4, -0.2) is 34.4 Å². The molecule has 28 heavy (non-hydrogen) atoms. The van der Waals surface area contributed by atoms with Gasteiger partial charge in [0, 0.05) is 19.3 Å². The lowest BCUT2D eigenvalue weighted by atomic mass is 9.90. The second-order valence-electron chi connectivity index (χ2n) is 6.76. The Morgan fingerprint density at radius 2 is 1.79 bits per heavy atom. The van der Waals surface area contributed by atoms with E-state index < -0.39 is 6.36 Å². The minimum atomic E-state index is -4.65. The summed E-state index contributed by atoms with van der Waals surface area (Å²) in [5.74, 6) is 1.27. The monoisotopic (exact) mass is 392 g/mol.